The molecule has 0 unspecified atom stereocenters. The Labute approximate surface area is 127 Å². The quantitative estimate of drug-likeness (QED) is 0.887. The minimum Gasteiger partial charge on any atom is -0.346 e. The summed E-state index contributed by atoms with van der Waals surface area (Å²) in [5.41, 5.74) is 6.52. The fourth-order valence-corrected chi connectivity index (χ4v) is 2.37. The average Bonchev–Trinajstić information content (AvgIpc) is 2.44. The molecule has 2 heteroatoms. The van der Waals surface area contributed by atoms with Gasteiger partial charge in [0.15, 0.2) is 0 Å². The summed E-state index contributed by atoms with van der Waals surface area (Å²) in [6.45, 7) is 10.2. The van der Waals surface area contributed by atoms with E-state index in [4.69, 9.17) is 0 Å². The van der Waals surface area contributed by atoms with Crippen LogP contribution in [0.25, 0.3) is 0 Å². The summed E-state index contributed by atoms with van der Waals surface area (Å²) in [6.07, 6.45) is 0. The number of benzene rings is 2. The molecule has 0 radical (unpaired) electrons. The molecule has 0 fully saturated rings. The first-order valence-electron chi connectivity index (χ1n) is 7.33. The highest BCUT2D eigenvalue weighted by atomic mass is 16.1. The zero-order chi connectivity index (χ0) is 15.6. The number of nitrogens with one attached hydrogen (secondary N) is 1. The molecule has 0 heterocycles. The van der Waals surface area contributed by atoms with E-state index in [1.807, 2.05) is 39.0 Å². The summed E-state index contributed by atoms with van der Waals surface area (Å²) in [5, 5.41) is 3.09. The average molecular weight is 281 g/mol. The van der Waals surface area contributed by atoms with Gasteiger partial charge >= 0.3 is 0 Å². The topological polar surface area (TPSA) is 29.1 Å². The molecule has 2 rings (SSSR count). The number of amides is 1. The number of rotatable bonds is 3. The predicted octanol–water partition coefficient (Wildman–Crippen LogP) is 4.41. The Kier molecular flexibility index (Phi) is 4.46. The molecular formula is C19H23NO. The van der Waals surface area contributed by atoms with Gasteiger partial charge in [0, 0.05) is 5.56 Å². The van der Waals surface area contributed by atoms with Crippen molar-refractivity contribution in [3.8, 4) is 0 Å². The Morgan fingerprint density at radius 2 is 1.57 bits per heavy atom. The van der Waals surface area contributed by atoms with E-state index in [9.17, 15) is 4.79 Å². The molecule has 0 spiro atoms. The molecule has 1 atom stereocenters. The van der Waals surface area contributed by atoms with Gasteiger partial charge in [-0.05, 0) is 62.9 Å². The number of hydrogen-bond donors (Lipinski definition) is 1. The molecule has 0 aromatic heterocycles. The van der Waals surface area contributed by atoms with Crippen LogP contribution in [0.2, 0.25) is 0 Å². The second kappa shape index (κ2) is 6.13. The Morgan fingerprint density at radius 3 is 2.24 bits per heavy atom. The van der Waals surface area contributed by atoms with Crippen LogP contribution in [0.4, 0.5) is 0 Å². The van der Waals surface area contributed by atoms with E-state index in [0.29, 0.717) is 0 Å². The summed E-state index contributed by atoms with van der Waals surface area (Å²) >= 11 is 0. The Morgan fingerprint density at radius 1 is 0.905 bits per heavy atom. The van der Waals surface area contributed by atoms with Gasteiger partial charge in [0.2, 0.25) is 0 Å². The van der Waals surface area contributed by atoms with E-state index in [0.717, 1.165) is 22.3 Å². The van der Waals surface area contributed by atoms with Crippen molar-refractivity contribution in [1.29, 1.82) is 0 Å². The van der Waals surface area contributed by atoms with Crippen LogP contribution in [0.5, 0.6) is 0 Å². The lowest BCUT2D eigenvalue weighted by Crippen LogP contribution is -2.27. The third kappa shape index (κ3) is 3.52. The summed E-state index contributed by atoms with van der Waals surface area (Å²) < 4.78 is 0. The lowest BCUT2D eigenvalue weighted by atomic mass is 10.0. The standard InChI is InChI=1S/C19H23NO/c1-12-6-7-14(3)18(10-12)19(21)20-16(5)17-9-8-13(2)15(4)11-17/h6-11,16H,1-5H3,(H,20,21)/t16-/m0/s1. The SMILES string of the molecule is Cc1ccc(C)c(C(=O)N[C@@H](C)c2ccc(C)c(C)c2)c1. The zero-order valence-corrected chi connectivity index (χ0v) is 13.4. The molecule has 1 amide bonds. The molecule has 21 heavy (non-hydrogen) atoms. The van der Waals surface area contributed by atoms with Crippen molar-refractivity contribution in [2.75, 3.05) is 0 Å². The second-order valence-corrected chi connectivity index (χ2v) is 5.86. The molecule has 0 saturated carbocycles. The fourth-order valence-electron chi connectivity index (χ4n) is 2.37. The molecule has 0 bridgehead atoms. The normalized spacial score (nSPS) is 12.0. The maximum atomic E-state index is 12.4. The van der Waals surface area contributed by atoms with Crippen LogP contribution >= 0.6 is 0 Å². The van der Waals surface area contributed by atoms with Gasteiger partial charge in [0.05, 0.1) is 6.04 Å². The van der Waals surface area contributed by atoms with Crippen LogP contribution in [-0.4, -0.2) is 5.91 Å². The van der Waals surface area contributed by atoms with Crippen molar-refractivity contribution < 1.29 is 4.79 Å². The van der Waals surface area contributed by atoms with E-state index < -0.39 is 0 Å². The van der Waals surface area contributed by atoms with E-state index in [1.165, 1.54) is 11.1 Å². The maximum Gasteiger partial charge on any atom is 0.252 e. The smallest absolute Gasteiger partial charge is 0.252 e. The number of carbonyl (C=O) groups excluding carboxylic acids is 1. The molecular weight excluding hydrogens is 258 g/mol. The fraction of sp³-hybridized carbons (Fsp3) is 0.316. The van der Waals surface area contributed by atoms with Gasteiger partial charge in [0.25, 0.3) is 5.91 Å². The molecule has 0 saturated heterocycles. The zero-order valence-electron chi connectivity index (χ0n) is 13.4. The van der Waals surface area contributed by atoms with E-state index in [1.54, 1.807) is 0 Å². The van der Waals surface area contributed by atoms with Crippen LogP contribution in [0.3, 0.4) is 0 Å². The summed E-state index contributed by atoms with van der Waals surface area (Å²) in [4.78, 5) is 12.4. The molecule has 1 N–H and O–H groups in total. The van der Waals surface area contributed by atoms with Crippen molar-refractivity contribution in [3.63, 3.8) is 0 Å². The first-order chi connectivity index (χ1) is 9.88. The molecule has 110 valence electrons. The lowest BCUT2D eigenvalue weighted by Gasteiger charge is -2.17. The summed E-state index contributed by atoms with van der Waals surface area (Å²) in [6, 6.07) is 12.3. The monoisotopic (exact) mass is 281 g/mol. The van der Waals surface area contributed by atoms with Gasteiger partial charge in [0.1, 0.15) is 0 Å². The van der Waals surface area contributed by atoms with Crippen LogP contribution < -0.4 is 5.32 Å². The second-order valence-electron chi connectivity index (χ2n) is 5.86. The van der Waals surface area contributed by atoms with E-state index >= 15 is 0 Å². The molecule has 0 aliphatic rings. The van der Waals surface area contributed by atoms with Crippen molar-refractivity contribution in [1.82, 2.24) is 5.32 Å². The molecule has 2 nitrogen and oxygen atoms in total. The third-order valence-electron chi connectivity index (χ3n) is 4.02. The molecule has 2 aromatic rings. The third-order valence-corrected chi connectivity index (χ3v) is 4.02. The molecule has 2 aromatic carbocycles. The van der Waals surface area contributed by atoms with Gasteiger partial charge in [-0.25, -0.2) is 0 Å². The maximum absolute atomic E-state index is 12.4. The lowest BCUT2D eigenvalue weighted by molar-refractivity contribution is 0.0939. The molecule has 0 aliphatic carbocycles. The minimum absolute atomic E-state index is 0.00304. The van der Waals surface area contributed by atoms with Crippen LogP contribution in [0.1, 0.15) is 51.1 Å². The summed E-state index contributed by atoms with van der Waals surface area (Å²) in [7, 11) is 0. The highest BCUT2D eigenvalue weighted by molar-refractivity contribution is 5.96. The van der Waals surface area contributed by atoms with Crippen molar-refractivity contribution in [2.24, 2.45) is 0 Å². The Bertz CT molecular complexity index is 673. The van der Waals surface area contributed by atoms with Crippen molar-refractivity contribution in [2.45, 2.75) is 40.7 Å². The van der Waals surface area contributed by atoms with Gasteiger partial charge in [-0.1, -0.05) is 35.9 Å². The van der Waals surface area contributed by atoms with Gasteiger partial charge < -0.3 is 5.32 Å². The van der Waals surface area contributed by atoms with Gasteiger partial charge in [-0.2, -0.15) is 0 Å². The Balaban J connectivity index is 2.18. The van der Waals surface area contributed by atoms with Gasteiger partial charge in [-0.3, -0.25) is 4.79 Å². The number of aryl methyl sites for hydroxylation is 4. The Hall–Kier alpha value is -2.09. The largest absolute Gasteiger partial charge is 0.346 e. The van der Waals surface area contributed by atoms with Crippen molar-refractivity contribution >= 4 is 5.91 Å². The van der Waals surface area contributed by atoms with Crippen LogP contribution in [0, 0.1) is 27.7 Å². The first-order valence-corrected chi connectivity index (χ1v) is 7.33. The van der Waals surface area contributed by atoms with E-state index in [-0.39, 0.29) is 11.9 Å². The summed E-state index contributed by atoms with van der Waals surface area (Å²) in [5.74, 6) is -0.0121. The first kappa shape index (κ1) is 15.3. The minimum atomic E-state index is -0.0121. The number of carbonyl (C=O) groups is 1. The van der Waals surface area contributed by atoms with Crippen LogP contribution in [-0.2, 0) is 0 Å². The highest BCUT2D eigenvalue weighted by Gasteiger charge is 2.13. The van der Waals surface area contributed by atoms with Gasteiger partial charge in [-0.15, -0.1) is 0 Å². The van der Waals surface area contributed by atoms with E-state index in [2.05, 4.69) is 37.4 Å². The van der Waals surface area contributed by atoms with Crippen LogP contribution in [0.15, 0.2) is 36.4 Å². The highest BCUT2D eigenvalue weighted by Crippen LogP contribution is 2.18. The predicted molar refractivity (Wildman–Crippen MR) is 87.7 cm³/mol. The number of hydrogen-bond acceptors (Lipinski definition) is 1. The molecule has 0 aliphatic heterocycles. The van der Waals surface area contributed by atoms with Crippen molar-refractivity contribution in [3.05, 3.63) is 69.8 Å².